The van der Waals surface area contributed by atoms with Crippen molar-refractivity contribution in [3.05, 3.63) is 34.6 Å². The molecule has 10 nitrogen and oxygen atoms in total. The zero-order chi connectivity index (χ0) is 24.4. The van der Waals surface area contributed by atoms with Crippen molar-refractivity contribution in [2.24, 2.45) is 4.99 Å². The van der Waals surface area contributed by atoms with Crippen molar-refractivity contribution in [3.8, 4) is 0 Å². The predicted octanol–water partition coefficient (Wildman–Crippen LogP) is -0.0173. The molecule has 33 heavy (non-hydrogen) atoms. The van der Waals surface area contributed by atoms with Crippen LogP contribution in [0, 0.1) is 5.82 Å². The molecule has 2 heterocycles. The minimum atomic E-state index is -1.63. The second-order valence-corrected chi connectivity index (χ2v) is 8.36. The summed E-state index contributed by atoms with van der Waals surface area (Å²) in [4.78, 5) is 70.3. The molecule has 2 aliphatic heterocycles. The van der Waals surface area contributed by atoms with Crippen LogP contribution in [0.15, 0.2) is 23.2 Å². The molecule has 1 aromatic carbocycles. The largest absolute Gasteiger partial charge is 0.350 e. The molecule has 2 atom stereocenters. The molecule has 1 saturated heterocycles. The highest BCUT2D eigenvalue weighted by Crippen LogP contribution is 2.23. The molecule has 1 N–H and O–H groups in total. The lowest BCUT2D eigenvalue weighted by Crippen LogP contribution is -2.62. The third kappa shape index (κ3) is 4.87. The smallest absolute Gasteiger partial charge is 0.312 e. The van der Waals surface area contributed by atoms with E-state index in [4.69, 9.17) is 11.6 Å². The number of likely N-dealkylation sites (N-methyl/N-ethyl adjacent to an activating group) is 2. The van der Waals surface area contributed by atoms with Gasteiger partial charge < -0.3 is 15.1 Å². The summed E-state index contributed by atoms with van der Waals surface area (Å²) in [6.07, 6.45) is 0.890. The zero-order valence-corrected chi connectivity index (χ0v) is 19.1. The fourth-order valence-electron chi connectivity index (χ4n) is 3.63. The highest BCUT2D eigenvalue weighted by Gasteiger charge is 2.46. The molecule has 1 unspecified atom stereocenters. The van der Waals surface area contributed by atoms with E-state index in [0.29, 0.717) is 18.4 Å². The number of ketones is 1. The number of nitrogens with one attached hydrogen (secondary N) is 1. The van der Waals surface area contributed by atoms with Gasteiger partial charge in [-0.15, -0.1) is 0 Å². The Morgan fingerprint density at radius 3 is 2.55 bits per heavy atom. The van der Waals surface area contributed by atoms with Crippen LogP contribution in [0.25, 0.3) is 0 Å². The average molecular weight is 480 g/mol. The first-order chi connectivity index (χ1) is 15.5. The standard InChI is InChI=1S/C21H23ClFN5O5/c1-26(2)20(32)21(33)27(3)14-5-4-8-28-17(14)25-15(16(29)19(28)31)18(30)24-10-11-6-7-13(23)12(22)9-11/h6-7,9,14-15H,4-5,8,10H2,1-3H3,(H,24,30)/t14-,15?/m1/s1. The SMILES string of the molecule is CN(C)C(=O)C(=O)N(C)[C@@H]1CCCN2C(=O)C(=O)C(C(=O)NCc3ccc(F)c(Cl)c3)N=C12. The van der Waals surface area contributed by atoms with E-state index in [1.54, 1.807) is 0 Å². The van der Waals surface area contributed by atoms with E-state index in [1.807, 2.05) is 0 Å². The molecule has 1 fully saturated rings. The lowest BCUT2D eigenvalue weighted by molar-refractivity contribution is -0.151. The molecule has 0 radical (unpaired) electrons. The molecular formula is C21H23ClFN5O5. The topological polar surface area (TPSA) is 119 Å². The number of amides is 4. The Balaban J connectivity index is 1.83. The van der Waals surface area contributed by atoms with E-state index >= 15 is 0 Å². The highest BCUT2D eigenvalue weighted by molar-refractivity contribution is 6.46. The van der Waals surface area contributed by atoms with Gasteiger partial charge in [-0.25, -0.2) is 9.38 Å². The van der Waals surface area contributed by atoms with E-state index in [9.17, 15) is 28.4 Å². The van der Waals surface area contributed by atoms with Gasteiger partial charge in [0.25, 0.3) is 17.6 Å². The van der Waals surface area contributed by atoms with Crippen molar-refractivity contribution in [2.45, 2.75) is 31.5 Å². The number of hydrogen-bond donors (Lipinski definition) is 1. The number of piperidine rings is 1. The van der Waals surface area contributed by atoms with E-state index in [0.717, 1.165) is 15.9 Å². The second-order valence-electron chi connectivity index (χ2n) is 7.95. The lowest BCUT2D eigenvalue weighted by atomic mass is 9.98. The maximum Gasteiger partial charge on any atom is 0.312 e. The number of nitrogens with zero attached hydrogens (tertiary/aromatic N) is 4. The molecule has 3 rings (SSSR count). The third-order valence-corrected chi connectivity index (χ3v) is 5.77. The maximum atomic E-state index is 13.3. The minimum absolute atomic E-state index is 0.0650. The summed E-state index contributed by atoms with van der Waals surface area (Å²) < 4.78 is 13.3. The van der Waals surface area contributed by atoms with Gasteiger partial charge in [0.2, 0.25) is 0 Å². The van der Waals surface area contributed by atoms with Crippen LogP contribution in [0.4, 0.5) is 4.39 Å². The van der Waals surface area contributed by atoms with E-state index in [1.165, 1.54) is 38.2 Å². The number of hydrogen-bond acceptors (Lipinski definition) is 6. The van der Waals surface area contributed by atoms with E-state index < -0.39 is 47.3 Å². The summed E-state index contributed by atoms with van der Waals surface area (Å²) in [5, 5.41) is 2.38. The molecule has 0 bridgehead atoms. The number of carbonyl (C=O) groups excluding carboxylic acids is 5. The van der Waals surface area contributed by atoms with Gasteiger partial charge in [-0.3, -0.25) is 28.9 Å². The van der Waals surface area contributed by atoms with Gasteiger partial charge in [0, 0.05) is 34.2 Å². The molecule has 4 amide bonds. The van der Waals surface area contributed by atoms with Crippen LogP contribution in [0.3, 0.4) is 0 Å². The Bertz CT molecular complexity index is 1060. The molecule has 12 heteroatoms. The molecule has 1 aromatic rings. The first-order valence-corrected chi connectivity index (χ1v) is 10.5. The Morgan fingerprint density at radius 1 is 1.21 bits per heavy atom. The Labute approximate surface area is 194 Å². The van der Waals surface area contributed by atoms with Crippen LogP contribution in [0.1, 0.15) is 18.4 Å². The number of Topliss-reactive ketones (excluding diaryl/α,β-unsaturated/α-hetero) is 1. The van der Waals surface area contributed by atoms with Crippen molar-refractivity contribution in [2.75, 3.05) is 27.7 Å². The van der Waals surface area contributed by atoms with Gasteiger partial charge in [0.1, 0.15) is 11.7 Å². The first kappa shape index (κ1) is 24.3. The quantitative estimate of drug-likeness (QED) is 0.481. The van der Waals surface area contributed by atoms with Crippen molar-refractivity contribution >= 4 is 46.8 Å². The molecule has 0 spiro atoms. The fraction of sp³-hybridized carbons (Fsp3) is 0.429. The molecule has 176 valence electrons. The summed E-state index contributed by atoms with van der Waals surface area (Å²) in [5.41, 5.74) is 0.488. The zero-order valence-electron chi connectivity index (χ0n) is 18.3. The summed E-state index contributed by atoms with van der Waals surface area (Å²) in [7, 11) is 4.29. The summed E-state index contributed by atoms with van der Waals surface area (Å²) >= 11 is 5.74. The normalized spacial score (nSPS) is 20.0. The number of carbonyl (C=O) groups is 5. The molecular weight excluding hydrogens is 457 g/mol. The number of fused-ring (bicyclic) bond motifs is 1. The van der Waals surface area contributed by atoms with Crippen molar-refractivity contribution in [3.63, 3.8) is 0 Å². The van der Waals surface area contributed by atoms with Crippen LogP contribution in [-0.2, 0) is 30.5 Å². The summed E-state index contributed by atoms with van der Waals surface area (Å²) in [6.45, 7) is 0.149. The number of rotatable bonds is 4. The van der Waals surface area contributed by atoms with Crippen LogP contribution in [-0.4, -0.2) is 89.7 Å². The number of aliphatic imine (C=N–C) groups is 1. The van der Waals surface area contributed by atoms with Crippen molar-refractivity contribution in [1.82, 2.24) is 20.0 Å². The number of halogens is 2. The van der Waals surface area contributed by atoms with Crippen LogP contribution in [0.2, 0.25) is 5.02 Å². The van der Waals surface area contributed by atoms with E-state index in [2.05, 4.69) is 10.3 Å². The fourth-order valence-corrected chi connectivity index (χ4v) is 3.84. The van der Waals surface area contributed by atoms with Gasteiger partial charge in [-0.05, 0) is 30.5 Å². The Hall–Kier alpha value is -3.34. The van der Waals surface area contributed by atoms with Gasteiger partial charge in [-0.2, -0.15) is 0 Å². The number of amidine groups is 1. The molecule has 0 saturated carbocycles. The predicted molar refractivity (Wildman–Crippen MR) is 116 cm³/mol. The Kier molecular flexibility index (Phi) is 7.11. The van der Waals surface area contributed by atoms with E-state index in [-0.39, 0.29) is 23.9 Å². The summed E-state index contributed by atoms with van der Waals surface area (Å²) in [6, 6.07) is 1.51. The van der Waals surface area contributed by atoms with Gasteiger partial charge >= 0.3 is 11.8 Å². The maximum absolute atomic E-state index is 13.3. The summed E-state index contributed by atoms with van der Waals surface area (Å²) in [5.74, 6) is -4.77. The van der Waals surface area contributed by atoms with Crippen molar-refractivity contribution in [1.29, 1.82) is 0 Å². The van der Waals surface area contributed by atoms with Crippen molar-refractivity contribution < 1.29 is 28.4 Å². The lowest BCUT2D eigenvalue weighted by Gasteiger charge is -2.40. The highest BCUT2D eigenvalue weighted by atomic mass is 35.5. The molecule has 0 aromatic heterocycles. The third-order valence-electron chi connectivity index (χ3n) is 5.48. The minimum Gasteiger partial charge on any atom is -0.350 e. The molecule has 2 aliphatic rings. The van der Waals surface area contributed by atoms with Gasteiger partial charge in [-0.1, -0.05) is 17.7 Å². The number of benzene rings is 1. The van der Waals surface area contributed by atoms with Crippen LogP contribution < -0.4 is 5.32 Å². The Morgan fingerprint density at radius 2 is 1.91 bits per heavy atom. The van der Waals surface area contributed by atoms with Crippen LogP contribution in [0.5, 0.6) is 0 Å². The van der Waals surface area contributed by atoms with Crippen LogP contribution >= 0.6 is 11.6 Å². The van der Waals surface area contributed by atoms with Gasteiger partial charge in [0.15, 0.2) is 6.04 Å². The monoisotopic (exact) mass is 479 g/mol. The van der Waals surface area contributed by atoms with Gasteiger partial charge in [0.05, 0.1) is 11.1 Å². The average Bonchev–Trinajstić information content (AvgIpc) is 2.79. The first-order valence-electron chi connectivity index (χ1n) is 10.2. The second kappa shape index (κ2) is 9.65. The molecule has 0 aliphatic carbocycles.